The molecule has 0 atom stereocenters. The van der Waals surface area contributed by atoms with Crippen molar-refractivity contribution in [3.05, 3.63) is 101 Å². The van der Waals surface area contributed by atoms with E-state index in [-0.39, 0.29) is 0 Å². The normalized spacial score (nSPS) is 11.0. The van der Waals surface area contributed by atoms with Crippen LogP contribution in [0.4, 0.5) is 0 Å². The third-order valence-electron chi connectivity index (χ3n) is 4.83. The highest BCUT2D eigenvalue weighted by Crippen LogP contribution is 2.20. The van der Waals surface area contributed by atoms with E-state index in [1.54, 1.807) is 0 Å². The maximum atomic E-state index is 6.19. The van der Waals surface area contributed by atoms with Gasteiger partial charge in [-0.2, -0.15) is 0 Å². The van der Waals surface area contributed by atoms with Crippen LogP contribution in [0.25, 0.3) is 10.9 Å². The summed E-state index contributed by atoms with van der Waals surface area (Å²) in [5.41, 5.74) is 4.74. The average Bonchev–Trinajstić information content (AvgIpc) is 3.14. The van der Waals surface area contributed by atoms with Crippen molar-refractivity contribution < 1.29 is 4.74 Å². The second kappa shape index (κ2) is 8.96. The number of nitrogens with one attached hydrogen (secondary N) is 2. The zero-order valence-electron chi connectivity index (χ0n) is 15.6. The molecule has 0 amide bonds. The summed E-state index contributed by atoms with van der Waals surface area (Å²) in [6, 6.07) is 24.4. The van der Waals surface area contributed by atoms with Crippen molar-refractivity contribution in [1.82, 2.24) is 10.3 Å². The number of benzene rings is 3. The number of hydrogen-bond donors (Lipinski definition) is 2. The molecule has 4 rings (SSSR count). The number of H-pyrrole nitrogens is 1. The Kier molecular flexibility index (Phi) is 5.95. The number of halogens is 1. The van der Waals surface area contributed by atoms with Crippen LogP contribution in [0.3, 0.4) is 0 Å². The van der Waals surface area contributed by atoms with Gasteiger partial charge in [0.1, 0.15) is 12.4 Å². The molecular weight excluding hydrogens is 368 g/mol. The molecule has 0 spiro atoms. The molecule has 4 aromatic rings. The quantitative estimate of drug-likeness (QED) is 0.377. The molecule has 1 aromatic heterocycles. The van der Waals surface area contributed by atoms with Crippen molar-refractivity contribution in [3.8, 4) is 5.75 Å². The first-order valence-corrected chi connectivity index (χ1v) is 9.88. The van der Waals surface area contributed by atoms with Crippen molar-refractivity contribution in [2.45, 2.75) is 19.6 Å². The molecule has 0 saturated carbocycles. The van der Waals surface area contributed by atoms with Gasteiger partial charge in [-0.05, 0) is 48.4 Å². The SMILES string of the molecule is Clc1ccccc1COc1cccc(CNCCc2c[nH]c3ccccc23)c1. The molecule has 2 N–H and O–H groups in total. The summed E-state index contributed by atoms with van der Waals surface area (Å²) < 4.78 is 5.91. The Labute approximate surface area is 170 Å². The maximum absolute atomic E-state index is 6.19. The highest BCUT2D eigenvalue weighted by Gasteiger charge is 2.04. The van der Waals surface area contributed by atoms with E-state index < -0.39 is 0 Å². The van der Waals surface area contributed by atoms with Gasteiger partial charge in [0.25, 0.3) is 0 Å². The van der Waals surface area contributed by atoms with Gasteiger partial charge in [0.15, 0.2) is 0 Å². The Morgan fingerprint density at radius 3 is 2.68 bits per heavy atom. The van der Waals surface area contributed by atoms with E-state index in [0.717, 1.165) is 35.8 Å². The van der Waals surface area contributed by atoms with E-state index in [4.69, 9.17) is 16.3 Å². The Morgan fingerprint density at radius 1 is 0.893 bits per heavy atom. The predicted octanol–water partition coefficient (Wildman–Crippen LogP) is 5.73. The largest absolute Gasteiger partial charge is 0.489 e. The first-order chi connectivity index (χ1) is 13.8. The fourth-order valence-corrected chi connectivity index (χ4v) is 3.51. The van der Waals surface area contributed by atoms with Gasteiger partial charge in [-0.15, -0.1) is 0 Å². The molecule has 0 saturated heterocycles. The smallest absolute Gasteiger partial charge is 0.120 e. The first kappa shape index (κ1) is 18.6. The standard InChI is InChI=1S/C24H23ClN2O/c25-23-10-3-1-7-20(23)17-28-21-8-5-6-18(14-21)15-26-13-12-19-16-27-24-11-4-2-9-22(19)24/h1-11,14,16,26-27H,12-13,15,17H2. The van der Waals surface area contributed by atoms with Crippen molar-refractivity contribution in [3.63, 3.8) is 0 Å². The molecule has 4 heteroatoms. The van der Waals surface area contributed by atoms with Crippen molar-refractivity contribution in [2.75, 3.05) is 6.54 Å². The molecule has 0 aliphatic rings. The Morgan fingerprint density at radius 2 is 1.75 bits per heavy atom. The third kappa shape index (κ3) is 4.56. The van der Waals surface area contributed by atoms with E-state index in [1.165, 1.54) is 22.0 Å². The van der Waals surface area contributed by atoms with Crippen LogP contribution in [0.1, 0.15) is 16.7 Å². The molecule has 0 bridgehead atoms. The monoisotopic (exact) mass is 390 g/mol. The topological polar surface area (TPSA) is 37.0 Å². The van der Waals surface area contributed by atoms with E-state index in [1.807, 2.05) is 36.4 Å². The van der Waals surface area contributed by atoms with Crippen LogP contribution in [0.15, 0.2) is 79.0 Å². The molecule has 142 valence electrons. The van der Waals surface area contributed by atoms with Crippen molar-refractivity contribution in [1.29, 1.82) is 0 Å². The Bertz CT molecular complexity index is 1060. The Balaban J connectivity index is 1.28. The molecule has 0 radical (unpaired) electrons. The van der Waals surface area contributed by atoms with Gasteiger partial charge in [-0.25, -0.2) is 0 Å². The molecule has 0 aliphatic heterocycles. The Hall–Kier alpha value is -2.75. The molecule has 0 unspecified atom stereocenters. The fraction of sp³-hybridized carbons (Fsp3) is 0.167. The number of para-hydroxylation sites is 1. The molecule has 0 aliphatic carbocycles. The van der Waals surface area contributed by atoms with E-state index in [2.05, 4.69) is 52.9 Å². The highest BCUT2D eigenvalue weighted by atomic mass is 35.5. The van der Waals surface area contributed by atoms with Crippen LogP contribution in [0.5, 0.6) is 5.75 Å². The zero-order valence-corrected chi connectivity index (χ0v) is 16.4. The number of aromatic amines is 1. The van der Waals surface area contributed by atoms with Gasteiger partial charge < -0.3 is 15.0 Å². The second-order valence-corrected chi connectivity index (χ2v) is 7.22. The van der Waals surface area contributed by atoms with Crippen LogP contribution in [0, 0.1) is 0 Å². The summed E-state index contributed by atoms with van der Waals surface area (Å²) in [5, 5.41) is 5.56. The number of rotatable bonds is 8. The van der Waals surface area contributed by atoms with Crippen molar-refractivity contribution >= 4 is 22.5 Å². The van der Waals surface area contributed by atoms with Gasteiger partial charge in [0, 0.05) is 34.2 Å². The van der Waals surface area contributed by atoms with Gasteiger partial charge in [-0.1, -0.05) is 60.1 Å². The molecule has 0 fully saturated rings. The lowest BCUT2D eigenvalue weighted by molar-refractivity contribution is 0.306. The highest BCUT2D eigenvalue weighted by molar-refractivity contribution is 6.31. The van der Waals surface area contributed by atoms with E-state index >= 15 is 0 Å². The third-order valence-corrected chi connectivity index (χ3v) is 5.19. The number of aromatic nitrogens is 1. The van der Waals surface area contributed by atoms with Gasteiger partial charge in [-0.3, -0.25) is 0 Å². The van der Waals surface area contributed by atoms with Gasteiger partial charge in [0.2, 0.25) is 0 Å². The molecule has 3 aromatic carbocycles. The summed E-state index contributed by atoms with van der Waals surface area (Å²) in [6.07, 6.45) is 3.10. The van der Waals surface area contributed by atoms with Crippen LogP contribution < -0.4 is 10.1 Å². The fourth-order valence-electron chi connectivity index (χ4n) is 3.32. The number of fused-ring (bicyclic) bond motifs is 1. The number of hydrogen-bond acceptors (Lipinski definition) is 2. The summed E-state index contributed by atoms with van der Waals surface area (Å²) in [7, 11) is 0. The first-order valence-electron chi connectivity index (χ1n) is 9.50. The molecule has 3 nitrogen and oxygen atoms in total. The lowest BCUT2D eigenvalue weighted by atomic mass is 10.1. The van der Waals surface area contributed by atoms with Crippen LogP contribution in [0.2, 0.25) is 5.02 Å². The molecule has 28 heavy (non-hydrogen) atoms. The van der Waals surface area contributed by atoms with Crippen molar-refractivity contribution in [2.24, 2.45) is 0 Å². The number of ether oxygens (including phenoxy) is 1. The molecule has 1 heterocycles. The minimum absolute atomic E-state index is 0.469. The average molecular weight is 391 g/mol. The zero-order chi connectivity index (χ0) is 19.2. The summed E-state index contributed by atoms with van der Waals surface area (Å²) in [6.45, 7) is 2.20. The van der Waals surface area contributed by atoms with E-state index in [0.29, 0.717) is 6.61 Å². The van der Waals surface area contributed by atoms with Crippen LogP contribution in [-0.4, -0.2) is 11.5 Å². The summed E-state index contributed by atoms with van der Waals surface area (Å²) in [5.74, 6) is 0.857. The van der Waals surface area contributed by atoms with Crippen LogP contribution in [-0.2, 0) is 19.6 Å². The van der Waals surface area contributed by atoms with Gasteiger partial charge in [0.05, 0.1) is 0 Å². The summed E-state index contributed by atoms with van der Waals surface area (Å²) >= 11 is 6.19. The predicted molar refractivity (Wildman–Crippen MR) is 116 cm³/mol. The van der Waals surface area contributed by atoms with Crippen LogP contribution >= 0.6 is 11.6 Å². The second-order valence-electron chi connectivity index (χ2n) is 6.81. The minimum atomic E-state index is 0.469. The molecular formula is C24H23ClN2O. The lowest BCUT2D eigenvalue weighted by Gasteiger charge is -2.10. The maximum Gasteiger partial charge on any atom is 0.120 e. The summed E-state index contributed by atoms with van der Waals surface area (Å²) in [4.78, 5) is 3.33. The van der Waals surface area contributed by atoms with E-state index in [9.17, 15) is 0 Å². The van der Waals surface area contributed by atoms with Gasteiger partial charge >= 0.3 is 0 Å². The minimum Gasteiger partial charge on any atom is -0.489 e. The lowest BCUT2D eigenvalue weighted by Crippen LogP contribution is -2.16.